The maximum atomic E-state index is 12.9. The van der Waals surface area contributed by atoms with Crippen LogP contribution in [0.3, 0.4) is 0 Å². The van der Waals surface area contributed by atoms with Gasteiger partial charge >= 0.3 is 0 Å². The van der Waals surface area contributed by atoms with Gasteiger partial charge in [0, 0.05) is 29.4 Å². The van der Waals surface area contributed by atoms with Crippen molar-refractivity contribution < 1.29 is 12.9 Å². The largest absolute Gasteiger partial charge is 0.355 e. The molecule has 1 N–H and O–H groups in total. The van der Waals surface area contributed by atoms with Gasteiger partial charge in [0.05, 0.1) is 21.5 Å². The van der Waals surface area contributed by atoms with Crippen molar-refractivity contribution >= 4 is 21.4 Å². The van der Waals surface area contributed by atoms with E-state index in [1.165, 1.54) is 11.3 Å². The first-order valence-corrected chi connectivity index (χ1v) is 11.3. The van der Waals surface area contributed by atoms with Gasteiger partial charge in [0.15, 0.2) is 5.76 Å². The Bertz CT molecular complexity index is 1010. The molecule has 0 aromatic carbocycles. The number of aromatic nitrogens is 3. The zero-order valence-corrected chi connectivity index (χ0v) is 16.9. The Morgan fingerprint density at radius 2 is 2.00 bits per heavy atom. The van der Waals surface area contributed by atoms with Gasteiger partial charge in [0.25, 0.3) is 0 Å². The van der Waals surface area contributed by atoms with Crippen molar-refractivity contribution in [3.63, 3.8) is 0 Å². The number of thiophene rings is 1. The predicted octanol–water partition coefficient (Wildman–Crippen LogP) is 3.68. The van der Waals surface area contributed by atoms with E-state index in [0.717, 1.165) is 41.1 Å². The normalized spacial score (nSPS) is 20.8. The number of hydrogen-bond acceptors (Lipinski definition) is 6. The Hall–Kier alpha value is -1.97. The third-order valence-corrected chi connectivity index (χ3v) is 7.79. The molecule has 144 valence electrons. The number of rotatable bonds is 5. The Balaban J connectivity index is 1.46. The topological polar surface area (TPSA) is 90.0 Å². The number of nitrogens with one attached hydrogen (secondary N) is 1. The maximum Gasteiger partial charge on any atom is 0.241 e. The van der Waals surface area contributed by atoms with Gasteiger partial charge in [-0.1, -0.05) is 5.16 Å². The minimum Gasteiger partial charge on any atom is -0.355 e. The summed E-state index contributed by atoms with van der Waals surface area (Å²) in [5.41, 5.74) is 0.771. The highest BCUT2D eigenvalue weighted by Gasteiger charge is 2.28. The van der Waals surface area contributed by atoms with Crippen molar-refractivity contribution in [2.24, 2.45) is 0 Å². The lowest BCUT2D eigenvalue weighted by Crippen LogP contribution is -2.38. The van der Waals surface area contributed by atoms with Crippen LogP contribution in [0.5, 0.6) is 0 Å². The number of hydrogen-bond donors (Lipinski definition) is 1. The molecule has 0 atom stereocenters. The first-order valence-electron chi connectivity index (χ1n) is 8.98. The van der Waals surface area contributed by atoms with E-state index in [0.29, 0.717) is 16.7 Å². The molecule has 0 bridgehead atoms. The third-order valence-electron chi connectivity index (χ3n) is 4.95. The summed E-state index contributed by atoms with van der Waals surface area (Å²) in [5.74, 6) is 0.599. The van der Waals surface area contributed by atoms with Gasteiger partial charge in [-0.15, -0.1) is 11.3 Å². The van der Waals surface area contributed by atoms with Gasteiger partial charge < -0.3 is 4.52 Å². The van der Waals surface area contributed by atoms with Crippen LogP contribution in [0.4, 0.5) is 0 Å². The van der Waals surface area contributed by atoms with Crippen molar-refractivity contribution in [2.75, 3.05) is 0 Å². The molecule has 1 fully saturated rings. The molecular formula is C18H22N4O3S2. The summed E-state index contributed by atoms with van der Waals surface area (Å²) in [6.45, 7) is 3.66. The fourth-order valence-electron chi connectivity index (χ4n) is 3.57. The zero-order valence-electron chi connectivity index (χ0n) is 15.3. The Morgan fingerprint density at radius 1 is 1.22 bits per heavy atom. The molecule has 0 amide bonds. The predicted molar refractivity (Wildman–Crippen MR) is 103 cm³/mol. The molecule has 3 aromatic rings. The average Bonchev–Trinajstić information content (AvgIpc) is 3.36. The molecule has 1 aliphatic rings. The van der Waals surface area contributed by atoms with Crippen LogP contribution < -0.4 is 4.72 Å². The van der Waals surface area contributed by atoms with Gasteiger partial charge in [0.1, 0.15) is 0 Å². The minimum absolute atomic E-state index is 0.0444. The molecule has 0 saturated heterocycles. The smallest absolute Gasteiger partial charge is 0.241 e. The van der Waals surface area contributed by atoms with Crippen LogP contribution in [-0.4, -0.2) is 29.4 Å². The SMILES string of the molecule is Cc1cc(-c2cc(S(=O)(=O)NC3CCC(n4cccn4)CC3)c(C)s2)on1. The van der Waals surface area contributed by atoms with E-state index >= 15 is 0 Å². The molecule has 7 nitrogen and oxygen atoms in total. The number of aryl methyl sites for hydroxylation is 2. The van der Waals surface area contributed by atoms with Gasteiger partial charge in [-0.3, -0.25) is 4.68 Å². The standard InChI is InChI=1S/C18H22N4O3S2/c1-12-10-16(25-20-12)17-11-18(13(2)26-17)27(23,24)21-14-4-6-15(7-5-14)22-9-3-8-19-22/h3,8-11,14-15,21H,4-7H2,1-2H3. The summed E-state index contributed by atoms with van der Waals surface area (Å²) in [6.07, 6.45) is 7.20. The maximum absolute atomic E-state index is 12.9. The lowest BCUT2D eigenvalue weighted by molar-refractivity contribution is 0.293. The van der Waals surface area contributed by atoms with Crippen molar-refractivity contribution in [1.29, 1.82) is 0 Å². The highest BCUT2D eigenvalue weighted by atomic mass is 32.2. The molecule has 1 saturated carbocycles. The second-order valence-electron chi connectivity index (χ2n) is 6.98. The van der Waals surface area contributed by atoms with Crippen molar-refractivity contribution in [1.82, 2.24) is 19.7 Å². The highest BCUT2D eigenvalue weighted by Crippen LogP contribution is 2.35. The lowest BCUT2D eigenvalue weighted by atomic mass is 9.92. The summed E-state index contributed by atoms with van der Waals surface area (Å²) >= 11 is 1.40. The van der Waals surface area contributed by atoms with Gasteiger partial charge in [-0.2, -0.15) is 5.10 Å². The molecule has 3 heterocycles. The summed E-state index contributed by atoms with van der Waals surface area (Å²) in [7, 11) is -3.57. The van der Waals surface area contributed by atoms with Crippen LogP contribution in [0.1, 0.15) is 42.3 Å². The van der Waals surface area contributed by atoms with E-state index in [1.54, 1.807) is 12.3 Å². The first kappa shape index (κ1) is 18.4. The molecule has 3 aromatic heterocycles. The van der Waals surface area contributed by atoms with Gasteiger partial charge in [-0.25, -0.2) is 13.1 Å². The minimum atomic E-state index is -3.57. The number of sulfonamides is 1. The average molecular weight is 407 g/mol. The molecule has 0 spiro atoms. The second kappa shape index (κ2) is 7.21. The van der Waals surface area contributed by atoms with E-state index in [1.807, 2.05) is 36.9 Å². The quantitative estimate of drug-likeness (QED) is 0.698. The van der Waals surface area contributed by atoms with Gasteiger partial charge in [-0.05, 0) is 51.7 Å². The summed E-state index contributed by atoms with van der Waals surface area (Å²) in [4.78, 5) is 1.85. The summed E-state index contributed by atoms with van der Waals surface area (Å²) < 4.78 is 36.0. The van der Waals surface area contributed by atoms with Crippen LogP contribution in [-0.2, 0) is 10.0 Å². The van der Waals surface area contributed by atoms with Crippen LogP contribution >= 0.6 is 11.3 Å². The third kappa shape index (κ3) is 3.85. The fraction of sp³-hybridized carbons (Fsp3) is 0.444. The monoisotopic (exact) mass is 406 g/mol. The summed E-state index contributed by atoms with van der Waals surface area (Å²) in [6, 6.07) is 5.72. The Labute approximate surface area is 162 Å². The Morgan fingerprint density at radius 3 is 2.63 bits per heavy atom. The molecule has 1 aliphatic carbocycles. The lowest BCUT2D eigenvalue weighted by Gasteiger charge is -2.29. The molecule has 4 rings (SSSR count). The van der Waals surface area contributed by atoms with Crippen molar-refractivity contribution in [3.05, 3.63) is 41.2 Å². The van der Waals surface area contributed by atoms with Crippen molar-refractivity contribution in [2.45, 2.75) is 56.5 Å². The van der Waals surface area contributed by atoms with Gasteiger partial charge in [0.2, 0.25) is 10.0 Å². The van der Waals surface area contributed by atoms with Crippen LogP contribution in [0.15, 0.2) is 40.0 Å². The van der Waals surface area contributed by atoms with Crippen LogP contribution in [0.25, 0.3) is 10.6 Å². The second-order valence-corrected chi connectivity index (χ2v) is 9.92. The van der Waals surface area contributed by atoms with E-state index in [4.69, 9.17) is 4.52 Å². The van der Waals surface area contributed by atoms with E-state index in [9.17, 15) is 8.42 Å². The van der Waals surface area contributed by atoms with Crippen LogP contribution in [0, 0.1) is 13.8 Å². The first-order chi connectivity index (χ1) is 12.9. The Kier molecular flexibility index (Phi) is 4.92. The summed E-state index contributed by atoms with van der Waals surface area (Å²) in [5, 5.41) is 8.17. The van der Waals surface area contributed by atoms with E-state index in [-0.39, 0.29) is 6.04 Å². The van der Waals surface area contributed by atoms with E-state index in [2.05, 4.69) is 15.0 Å². The van der Waals surface area contributed by atoms with Crippen LogP contribution in [0.2, 0.25) is 0 Å². The van der Waals surface area contributed by atoms with Crippen molar-refractivity contribution in [3.8, 4) is 10.6 Å². The molecule has 0 radical (unpaired) electrons. The highest BCUT2D eigenvalue weighted by molar-refractivity contribution is 7.89. The fourth-order valence-corrected chi connectivity index (χ4v) is 6.42. The van der Waals surface area contributed by atoms with E-state index < -0.39 is 10.0 Å². The molecular weight excluding hydrogens is 384 g/mol. The molecule has 0 unspecified atom stereocenters. The zero-order chi connectivity index (χ0) is 19.0. The number of nitrogens with zero attached hydrogens (tertiary/aromatic N) is 3. The molecule has 27 heavy (non-hydrogen) atoms. The molecule has 0 aliphatic heterocycles. The molecule has 9 heteroatoms.